The maximum atomic E-state index is 12.2. The van der Waals surface area contributed by atoms with Crippen molar-refractivity contribution in [3.8, 4) is 0 Å². The number of halogens is 6. The van der Waals surface area contributed by atoms with E-state index in [1.54, 1.807) is 0 Å². The molecular formula is C9H6F6N2O2S2. The Bertz CT molecular complexity index is 513. The maximum absolute atomic E-state index is 12.2. The second-order valence-electron chi connectivity index (χ2n) is 3.50. The van der Waals surface area contributed by atoms with Crippen LogP contribution in [-0.2, 0) is 11.0 Å². The van der Waals surface area contributed by atoms with Crippen molar-refractivity contribution >= 4 is 35.3 Å². The highest BCUT2D eigenvalue weighted by Gasteiger charge is 2.62. The molecular weight excluding hydrogens is 346 g/mol. The van der Waals surface area contributed by atoms with Gasteiger partial charge < -0.3 is 5.11 Å². The quantitative estimate of drug-likeness (QED) is 0.788. The van der Waals surface area contributed by atoms with Gasteiger partial charge in [-0.3, -0.25) is 4.99 Å². The molecule has 0 saturated carbocycles. The summed E-state index contributed by atoms with van der Waals surface area (Å²) in [5, 5.41) is 9.34. The van der Waals surface area contributed by atoms with E-state index in [9.17, 15) is 31.1 Å². The predicted molar refractivity (Wildman–Crippen MR) is 64.5 cm³/mol. The minimum Gasteiger partial charge on any atom is -0.480 e. The zero-order valence-electron chi connectivity index (χ0n) is 9.77. The molecule has 2 heterocycles. The van der Waals surface area contributed by atoms with Crippen LogP contribution in [0, 0.1) is 0 Å². The lowest BCUT2D eigenvalue weighted by Crippen LogP contribution is -2.49. The van der Waals surface area contributed by atoms with Crippen molar-refractivity contribution in [3.05, 3.63) is 16.6 Å². The van der Waals surface area contributed by atoms with E-state index in [2.05, 4.69) is 9.98 Å². The highest BCUT2D eigenvalue weighted by molar-refractivity contribution is 8.02. The number of aromatic nitrogens is 1. The van der Waals surface area contributed by atoms with Crippen molar-refractivity contribution < 1.29 is 36.2 Å². The van der Waals surface area contributed by atoms with Crippen LogP contribution in [0.4, 0.5) is 26.3 Å². The monoisotopic (exact) mass is 352 g/mol. The fraction of sp³-hybridized carbons (Fsp3) is 0.444. The fourth-order valence-electron chi connectivity index (χ4n) is 1.09. The van der Waals surface area contributed by atoms with Gasteiger partial charge in [-0.15, -0.1) is 23.1 Å². The number of hydrogen-bond acceptors (Lipinski definition) is 5. The summed E-state index contributed by atoms with van der Waals surface area (Å²) in [5.74, 6) is -2.08. The number of rotatable bonds is 1. The molecule has 1 aliphatic heterocycles. The van der Waals surface area contributed by atoms with Gasteiger partial charge in [0.1, 0.15) is 0 Å². The Morgan fingerprint density at radius 3 is 2.10 bits per heavy atom. The normalized spacial score (nSPS) is 21.8. The first-order valence-electron chi connectivity index (χ1n) is 4.91. The molecule has 21 heavy (non-hydrogen) atoms. The topological polar surface area (TPSA) is 62.5 Å². The van der Waals surface area contributed by atoms with Crippen LogP contribution in [0.3, 0.4) is 0 Å². The van der Waals surface area contributed by atoms with Gasteiger partial charge in [-0.2, -0.15) is 26.3 Å². The first-order chi connectivity index (χ1) is 9.51. The smallest absolute Gasteiger partial charge is 0.434 e. The number of carboxylic acids is 1. The van der Waals surface area contributed by atoms with E-state index in [1.165, 1.54) is 0 Å². The van der Waals surface area contributed by atoms with Gasteiger partial charge in [0.25, 0.3) is 0 Å². The number of aliphatic carboxylic acids is 1. The van der Waals surface area contributed by atoms with Crippen LogP contribution in [0.5, 0.6) is 0 Å². The van der Waals surface area contributed by atoms with Gasteiger partial charge in [-0.05, 0) is 0 Å². The summed E-state index contributed by atoms with van der Waals surface area (Å²) in [6.45, 7) is 0. The minimum absolute atomic E-state index is 0.161. The molecule has 0 spiro atoms. The van der Waals surface area contributed by atoms with Gasteiger partial charge >= 0.3 is 18.3 Å². The summed E-state index contributed by atoms with van der Waals surface area (Å²) in [6.07, 6.45) is -8.62. The number of nitrogens with zero attached hydrogens (tertiary/aromatic N) is 2. The number of thiazole rings is 1. The number of aliphatic imine (C=N–C) groups is 1. The summed E-state index contributed by atoms with van der Waals surface area (Å²) < 4.78 is 68.4. The van der Waals surface area contributed by atoms with Gasteiger partial charge in [-0.1, -0.05) is 0 Å². The van der Waals surface area contributed by atoms with Crippen LogP contribution >= 0.6 is 23.1 Å². The first-order valence-corrected chi connectivity index (χ1v) is 6.84. The van der Waals surface area contributed by atoms with E-state index in [0.29, 0.717) is 6.21 Å². The number of thioether (sulfide) groups is 1. The summed E-state index contributed by atoms with van der Waals surface area (Å²) in [5.41, 5.74) is 0.343. The van der Waals surface area contributed by atoms with Crippen molar-refractivity contribution in [2.75, 3.05) is 5.88 Å². The molecule has 12 heteroatoms. The van der Waals surface area contributed by atoms with E-state index < -0.39 is 28.8 Å². The molecule has 0 radical (unpaired) electrons. The highest BCUT2D eigenvalue weighted by Crippen LogP contribution is 2.43. The van der Waals surface area contributed by atoms with Crippen LogP contribution in [0.15, 0.2) is 15.9 Å². The Balaban J connectivity index is 0.000000219. The molecule has 1 unspecified atom stereocenters. The molecule has 0 bridgehead atoms. The molecule has 0 fully saturated rings. The lowest BCUT2D eigenvalue weighted by atomic mass is 10.1. The molecule has 1 aromatic heterocycles. The van der Waals surface area contributed by atoms with Crippen molar-refractivity contribution in [1.29, 1.82) is 0 Å². The summed E-state index contributed by atoms with van der Waals surface area (Å²) in [4.78, 5) is 16.7. The third-order valence-electron chi connectivity index (χ3n) is 2.10. The third kappa shape index (κ3) is 4.09. The Kier molecular flexibility index (Phi) is 5.25. The van der Waals surface area contributed by atoms with E-state index in [-0.39, 0.29) is 17.6 Å². The van der Waals surface area contributed by atoms with Crippen LogP contribution in [0.25, 0.3) is 0 Å². The van der Waals surface area contributed by atoms with Crippen LogP contribution in [0.1, 0.15) is 5.69 Å². The Hall–Kier alpha value is -1.30. The van der Waals surface area contributed by atoms with E-state index in [1.807, 2.05) is 0 Å². The molecule has 4 nitrogen and oxygen atoms in total. The summed E-state index contributed by atoms with van der Waals surface area (Å²) in [7, 11) is 0. The van der Waals surface area contributed by atoms with E-state index in [0.717, 1.165) is 22.2 Å². The van der Waals surface area contributed by atoms with Gasteiger partial charge in [0.15, 0.2) is 5.69 Å². The molecule has 1 aliphatic rings. The van der Waals surface area contributed by atoms with Gasteiger partial charge in [0, 0.05) is 11.6 Å². The largest absolute Gasteiger partial charge is 0.480 e. The van der Waals surface area contributed by atoms with Crippen molar-refractivity contribution in [3.63, 3.8) is 0 Å². The number of carbonyl (C=O) groups is 1. The van der Waals surface area contributed by atoms with Crippen LogP contribution in [0.2, 0.25) is 0 Å². The first kappa shape index (κ1) is 17.8. The predicted octanol–water partition coefficient (Wildman–Crippen LogP) is 3.31. The highest BCUT2D eigenvalue weighted by atomic mass is 32.2. The molecule has 0 saturated heterocycles. The summed E-state index contributed by atoms with van der Waals surface area (Å²) in [6, 6.07) is 0. The Morgan fingerprint density at radius 1 is 1.29 bits per heavy atom. The molecule has 0 amide bonds. The van der Waals surface area contributed by atoms with Crippen molar-refractivity contribution in [1.82, 2.24) is 4.98 Å². The van der Waals surface area contributed by atoms with Gasteiger partial charge in [0.05, 0.1) is 11.4 Å². The number of carboxylic acid groups (broad SMARTS) is 1. The van der Waals surface area contributed by atoms with Crippen molar-refractivity contribution in [2.24, 2.45) is 4.99 Å². The van der Waals surface area contributed by atoms with Crippen LogP contribution < -0.4 is 0 Å². The lowest BCUT2D eigenvalue weighted by molar-refractivity contribution is -0.170. The molecule has 0 aromatic carbocycles. The average Bonchev–Trinajstić information content (AvgIpc) is 3.00. The fourth-order valence-corrected chi connectivity index (χ4v) is 2.44. The van der Waals surface area contributed by atoms with Crippen molar-refractivity contribution in [2.45, 2.75) is 17.1 Å². The molecule has 0 aliphatic carbocycles. The van der Waals surface area contributed by atoms with Gasteiger partial charge in [0.2, 0.25) is 4.75 Å². The molecule has 118 valence electrons. The molecule has 1 N–H and O–H groups in total. The second kappa shape index (κ2) is 6.22. The minimum atomic E-state index is -4.79. The van der Waals surface area contributed by atoms with E-state index in [4.69, 9.17) is 5.11 Å². The standard InChI is InChI=1S/C5H4F3NO2S.C4H2F3NS/c6-5(7,8)4(3(10)11)1-9-2-12-4;5-4(6,7)3-1-9-2-8-3/h1H,2H2,(H,10,11);1-2H. The molecule has 2 rings (SSSR count). The van der Waals surface area contributed by atoms with Gasteiger partial charge in [-0.25, -0.2) is 9.78 Å². The number of alkyl halides is 6. The lowest BCUT2D eigenvalue weighted by Gasteiger charge is -2.22. The maximum Gasteiger partial charge on any atom is 0.434 e. The Labute approximate surface area is 121 Å². The average molecular weight is 352 g/mol. The third-order valence-corrected chi connectivity index (χ3v) is 3.93. The van der Waals surface area contributed by atoms with E-state index >= 15 is 0 Å². The summed E-state index contributed by atoms with van der Waals surface area (Å²) >= 11 is 1.19. The Morgan fingerprint density at radius 2 is 1.90 bits per heavy atom. The zero-order valence-corrected chi connectivity index (χ0v) is 11.4. The molecule has 1 aromatic rings. The SMILES string of the molecule is FC(F)(F)c1cscn1.O=C(O)C1(C(F)(F)F)C=NCS1. The zero-order chi connectivity index (χ0) is 16.3. The molecule has 1 atom stereocenters. The second-order valence-corrected chi connectivity index (χ2v) is 5.40. The van der Waals surface area contributed by atoms with Crippen LogP contribution in [-0.4, -0.2) is 39.1 Å². The number of hydrogen-bond donors (Lipinski definition) is 1.